The molecule has 2 aliphatic rings. The molecule has 2 fully saturated rings. The van der Waals surface area contributed by atoms with E-state index in [1.165, 1.54) is 75.5 Å². The standard InChI is InChI=1S/C22H36N2/c1-16(2)15-24-20-14-13-19(23)21(17-9-5-3-6-10-17)22(20)18-11-7-4-8-12-18/h13-14,16-18,24H,3-12,15,23H2,1-2H3. The zero-order valence-electron chi connectivity index (χ0n) is 15.7. The summed E-state index contributed by atoms with van der Waals surface area (Å²) in [5, 5.41) is 3.76. The molecule has 0 heterocycles. The normalized spacial score (nSPS) is 20.5. The minimum Gasteiger partial charge on any atom is -0.398 e. The van der Waals surface area contributed by atoms with Crippen LogP contribution < -0.4 is 11.1 Å². The summed E-state index contributed by atoms with van der Waals surface area (Å²) >= 11 is 0. The first kappa shape index (κ1) is 17.6. The Hall–Kier alpha value is -1.18. The predicted octanol–water partition coefficient (Wildman–Crippen LogP) is 6.43. The molecule has 134 valence electrons. The molecule has 0 atom stereocenters. The van der Waals surface area contributed by atoms with Gasteiger partial charge >= 0.3 is 0 Å². The highest BCUT2D eigenvalue weighted by Gasteiger charge is 2.28. The van der Waals surface area contributed by atoms with Gasteiger partial charge in [-0.1, -0.05) is 52.4 Å². The lowest BCUT2D eigenvalue weighted by Crippen LogP contribution is -2.18. The Morgan fingerprint density at radius 2 is 1.42 bits per heavy atom. The molecule has 3 rings (SSSR count). The predicted molar refractivity (Wildman–Crippen MR) is 106 cm³/mol. The highest BCUT2D eigenvalue weighted by molar-refractivity contribution is 5.66. The fourth-order valence-corrected chi connectivity index (χ4v) is 4.80. The minimum absolute atomic E-state index is 0.667. The van der Waals surface area contributed by atoms with Gasteiger partial charge in [0.25, 0.3) is 0 Å². The van der Waals surface area contributed by atoms with Crippen LogP contribution in [0.15, 0.2) is 12.1 Å². The third-order valence-corrected chi connectivity index (χ3v) is 6.05. The maximum absolute atomic E-state index is 6.56. The topological polar surface area (TPSA) is 38.0 Å². The van der Waals surface area contributed by atoms with E-state index < -0.39 is 0 Å². The molecule has 0 aliphatic heterocycles. The average Bonchev–Trinajstić information content (AvgIpc) is 2.61. The summed E-state index contributed by atoms with van der Waals surface area (Å²) in [7, 11) is 0. The zero-order chi connectivity index (χ0) is 16.9. The van der Waals surface area contributed by atoms with Crippen molar-refractivity contribution in [3.8, 4) is 0 Å². The minimum atomic E-state index is 0.667. The maximum Gasteiger partial charge on any atom is 0.0380 e. The molecule has 3 N–H and O–H groups in total. The van der Waals surface area contributed by atoms with E-state index in [9.17, 15) is 0 Å². The van der Waals surface area contributed by atoms with Crippen LogP contribution >= 0.6 is 0 Å². The summed E-state index contributed by atoms with van der Waals surface area (Å²) in [6.07, 6.45) is 13.7. The van der Waals surface area contributed by atoms with Crippen molar-refractivity contribution in [1.82, 2.24) is 0 Å². The Kier molecular flexibility index (Phi) is 6.08. The highest BCUT2D eigenvalue weighted by atomic mass is 14.9. The van der Waals surface area contributed by atoms with Gasteiger partial charge < -0.3 is 11.1 Å². The van der Waals surface area contributed by atoms with Crippen molar-refractivity contribution in [3.63, 3.8) is 0 Å². The molecule has 24 heavy (non-hydrogen) atoms. The Morgan fingerprint density at radius 3 is 1.96 bits per heavy atom. The fourth-order valence-electron chi connectivity index (χ4n) is 4.80. The SMILES string of the molecule is CC(C)CNc1ccc(N)c(C2CCCCC2)c1C1CCCCC1. The van der Waals surface area contributed by atoms with Gasteiger partial charge in [0, 0.05) is 17.9 Å². The lowest BCUT2D eigenvalue weighted by atomic mass is 9.74. The van der Waals surface area contributed by atoms with E-state index in [2.05, 4.69) is 31.3 Å². The molecule has 2 aliphatic carbocycles. The Bertz CT molecular complexity index is 523. The van der Waals surface area contributed by atoms with Crippen LogP contribution in [-0.2, 0) is 0 Å². The van der Waals surface area contributed by atoms with Crippen LogP contribution in [0.25, 0.3) is 0 Å². The number of nitrogen functional groups attached to an aromatic ring is 1. The number of rotatable bonds is 5. The van der Waals surface area contributed by atoms with Crippen LogP contribution in [0.4, 0.5) is 11.4 Å². The van der Waals surface area contributed by atoms with Gasteiger partial charge in [-0.3, -0.25) is 0 Å². The lowest BCUT2D eigenvalue weighted by molar-refractivity contribution is 0.420. The molecule has 2 nitrogen and oxygen atoms in total. The quantitative estimate of drug-likeness (QED) is 0.611. The second-order valence-corrected chi connectivity index (χ2v) is 8.47. The third kappa shape index (κ3) is 4.07. The molecule has 0 aromatic heterocycles. The highest BCUT2D eigenvalue weighted by Crippen LogP contribution is 2.46. The molecular formula is C22H36N2. The van der Waals surface area contributed by atoms with E-state index in [1.807, 2.05) is 0 Å². The van der Waals surface area contributed by atoms with Gasteiger partial charge in [0.15, 0.2) is 0 Å². The van der Waals surface area contributed by atoms with Crippen LogP contribution in [-0.4, -0.2) is 6.54 Å². The second kappa shape index (κ2) is 8.27. The van der Waals surface area contributed by atoms with Crippen molar-refractivity contribution in [1.29, 1.82) is 0 Å². The first-order valence-electron chi connectivity index (χ1n) is 10.3. The second-order valence-electron chi connectivity index (χ2n) is 8.47. The summed E-state index contributed by atoms with van der Waals surface area (Å²) in [6.45, 7) is 5.62. The number of anilines is 2. The van der Waals surface area contributed by atoms with Crippen LogP contribution in [0.2, 0.25) is 0 Å². The largest absolute Gasteiger partial charge is 0.398 e. The van der Waals surface area contributed by atoms with Crippen LogP contribution in [0.1, 0.15) is 101 Å². The molecule has 2 saturated carbocycles. The summed E-state index contributed by atoms with van der Waals surface area (Å²) in [4.78, 5) is 0. The van der Waals surface area contributed by atoms with E-state index in [0.717, 1.165) is 12.2 Å². The van der Waals surface area contributed by atoms with Crippen molar-refractivity contribution in [3.05, 3.63) is 23.3 Å². The van der Waals surface area contributed by atoms with Crippen LogP contribution in [0.5, 0.6) is 0 Å². The molecule has 0 spiro atoms. The average molecular weight is 329 g/mol. The monoisotopic (exact) mass is 328 g/mol. The number of nitrogens with one attached hydrogen (secondary N) is 1. The van der Waals surface area contributed by atoms with E-state index in [4.69, 9.17) is 5.73 Å². The molecule has 0 bridgehead atoms. The number of benzene rings is 1. The van der Waals surface area contributed by atoms with Gasteiger partial charge in [-0.05, 0) is 66.7 Å². The smallest absolute Gasteiger partial charge is 0.0380 e. The molecule has 0 amide bonds. The molecule has 1 aromatic rings. The van der Waals surface area contributed by atoms with Crippen molar-refractivity contribution >= 4 is 11.4 Å². The van der Waals surface area contributed by atoms with E-state index >= 15 is 0 Å². The molecular weight excluding hydrogens is 292 g/mol. The fraction of sp³-hybridized carbons (Fsp3) is 0.727. The summed E-state index contributed by atoms with van der Waals surface area (Å²) in [5.41, 5.74) is 12.1. The Labute approximate surface area is 148 Å². The molecule has 1 aromatic carbocycles. The number of hydrogen-bond donors (Lipinski definition) is 2. The van der Waals surface area contributed by atoms with Crippen molar-refractivity contribution in [2.45, 2.75) is 89.9 Å². The van der Waals surface area contributed by atoms with Gasteiger partial charge in [-0.2, -0.15) is 0 Å². The van der Waals surface area contributed by atoms with E-state index in [-0.39, 0.29) is 0 Å². The molecule has 0 saturated heterocycles. The molecule has 2 heteroatoms. The lowest BCUT2D eigenvalue weighted by Gasteiger charge is -2.33. The van der Waals surface area contributed by atoms with Crippen molar-refractivity contribution in [2.24, 2.45) is 5.92 Å². The van der Waals surface area contributed by atoms with Crippen molar-refractivity contribution in [2.75, 3.05) is 17.6 Å². The third-order valence-electron chi connectivity index (χ3n) is 6.05. The van der Waals surface area contributed by atoms with Gasteiger partial charge in [-0.25, -0.2) is 0 Å². The van der Waals surface area contributed by atoms with Crippen molar-refractivity contribution < 1.29 is 0 Å². The Morgan fingerprint density at radius 1 is 0.875 bits per heavy atom. The number of hydrogen-bond acceptors (Lipinski definition) is 2. The first-order chi connectivity index (χ1) is 11.7. The van der Waals surface area contributed by atoms with E-state index in [1.54, 1.807) is 5.56 Å². The van der Waals surface area contributed by atoms with Gasteiger partial charge in [0.05, 0.1) is 0 Å². The summed E-state index contributed by atoms with van der Waals surface area (Å²) < 4.78 is 0. The summed E-state index contributed by atoms with van der Waals surface area (Å²) in [6, 6.07) is 4.42. The van der Waals surface area contributed by atoms with Crippen LogP contribution in [0.3, 0.4) is 0 Å². The maximum atomic E-state index is 6.56. The zero-order valence-corrected chi connectivity index (χ0v) is 15.7. The Balaban J connectivity index is 1.98. The van der Waals surface area contributed by atoms with Gasteiger partial charge in [-0.15, -0.1) is 0 Å². The number of nitrogens with two attached hydrogens (primary N) is 1. The van der Waals surface area contributed by atoms with E-state index in [0.29, 0.717) is 17.8 Å². The first-order valence-corrected chi connectivity index (χ1v) is 10.3. The summed E-state index contributed by atoms with van der Waals surface area (Å²) in [5.74, 6) is 2.07. The molecule has 0 radical (unpaired) electrons. The van der Waals surface area contributed by atoms with Crippen LogP contribution in [0, 0.1) is 5.92 Å². The van der Waals surface area contributed by atoms with Gasteiger partial charge in [0.2, 0.25) is 0 Å². The van der Waals surface area contributed by atoms with Gasteiger partial charge in [0.1, 0.15) is 0 Å². The molecule has 0 unspecified atom stereocenters.